The Labute approximate surface area is 173 Å². The normalized spacial score (nSPS) is 20.2. The van der Waals surface area contributed by atoms with Crippen molar-refractivity contribution in [3.8, 4) is 0 Å². The van der Waals surface area contributed by atoms with E-state index in [1.165, 1.54) is 16.0 Å². The van der Waals surface area contributed by atoms with Crippen molar-refractivity contribution in [3.05, 3.63) is 38.8 Å². The minimum absolute atomic E-state index is 0.0612. The highest BCUT2D eigenvalue weighted by Gasteiger charge is 2.41. The number of aliphatic hydroxyl groups is 1. The minimum Gasteiger partial charge on any atom is -0.395 e. The summed E-state index contributed by atoms with van der Waals surface area (Å²) in [4.78, 5) is 26.7. The number of piperidine rings is 1. The van der Waals surface area contributed by atoms with E-state index in [0.29, 0.717) is 25.1 Å². The summed E-state index contributed by atoms with van der Waals surface area (Å²) in [6.45, 7) is 5.64. The van der Waals surface area contributed by atoms with E-state index in [-0.39, 0.29) is 18.4 Å². The zero-order valence-electron chi connectivity index (χ0n) is 16.4. The molecule has 2 aromatic heterocycles. The molecule has 2 N–H and O–H groups in total. The molecule has 1 saturated heterocycles. The van der Waals surface area contributed by atoms with Crippen LogP contribution in [0.5, 0.6) is 0 Å². The lowest BCUT2D eigenvalue weighted by Crippen LogP contribution is -2.47. The number of hydrogen-bond donors (Lipinski definition) is 2. The molecule has 3 rings (SSSR count). The molecule has 1 aliphatic rings. The molecule has 3 heterocycles. The lowest BCUT2D eigenvalue weighted by molar-refractivity contribution is -0.128. The van der Waals surface area contributed by atoms with Gasteiger partial charge in [-0.25, -0.2) is 4.68 Å². The van der Waals surface area contributed by atoms with E-state index in [0.717, 1.165) is 27.7 Å². The first kappa shape index (κ1) is 21.0. The zero-order chi connectivity index (χ0) is 20.5. The van der Waals surface area contributed by atoms with Gasteiger partial charge in [-0.15, -0.1) is 11.3 Å². The lowest BCUT2D eigenvalue weighted by atomic mass is 9.79. The number of thiophene rings is 1. The number of hydrogen-bond acceptors (Lipinski definition) is 5. The third-order valence-electron chi connectivity index (χ3n) is 5.41. The van der Waals surface area contributed by atoms with Gasteiger partial charge < -0.3 is 10.4 Å². The Morgan fingerprint density at radius 3 is 2.79 bits per heavy atom. The minimum atomic E-state index is -0.958. The van der Waals surface area contributed by atoms with Crippen molar-refractivity contribution in [3.63, 3.8) is 0 Å². The summed E-state index contributed by atoms with van der Waals surface area (Å²) >= 11 is 7.53. The van der Waals surface area contributed by atoms with Crippen molar-refractivity contribution in [1.82, 2.24) is 15.1 Å². The molecule has 0 saturated carbocycles. The first-order valence-corrected chi connectivity index (χ1v) is 10.6. The molecule has 0 spiro atoms. The second-order valence-electron chi connectivity index (χ2n) is 8.18. The molecule has 1 amide bonds. The maximum Gasteiger partial charge on any atom is 0.255 e. The molecule has 152 valence electrons. The van der Waals surface area contributed by atoms with E-state index in [2.05, 4.69) is 10.4 Å². The fraction of sp³-hybridized carbons (Fsp3) is 0.550. The van der Waals surface area contributed by atoms with Gasteiger partial charge in [0, 0.05) is 17.1 Å². The van der Waals surface area contributed by atoms with Crippen LogP contribution in [0.3, 0.4) is 0 Å². The number of nitrogens with zero attached hydrogens (tertiary/aromatic N) is 2. The topological polar surface area (TPSA) is 84.2 Å². The number of carbonyl (C=O) groups excluding carboxylic acids is 2. The zero-order valence-corrected chi connectivity index (χ0v) is 18.0. The highest BCUT2D eigenvalue weighted by Crippen LogP contribution is 2.32. The Morgan fingerprint density at radius 2 is 2.18 bits per heavy atom. The van der Waals surface area contributed by atoms with Gasteiger partial charge in [0.2, 0.25) is 5.91 Å². The summed E-state index contributed by atoms with van der Waals surface area (Å²) in [5, 5.41) is 17.1. The molecule has 0 aliphatic carbocycles. The van der Waals surface area contributed by atoms with Crippen LogP contribution in [0.15, 0.2) is 18.2 Å². The Hall–Kier alpha value is -1.70. The van der Waals surface area contributed by atoms with Crippen molar-refractivity contribution in [2.75, 3.05) is 13.2 Å². The Balaban J connectivity index is 1.96. The summed E-state index contributed by atoms with van der Waals surface area (Å²) in [5.41, 5.74) is -0.370. The molecule has 0 radical (unpaired) electrons. The number of aliphatic hydroxyl groups excluding tert-OH is 1. The molecule has 0 bridgehead atoms. The van der Waals surface area contributed by atoms with E-state index >= 15 is 0 Å². The van der Waals surface area contributed by atoms with Gasteiger partial charge in [-0.05, 0) is 64.7 Å². The molecule has 1 aliphatic heterocycles. The second kappa shape index (κ2) is 7.97. The van der Waals surface area contributed by atoms with Crippen molar-refractivity contribution >= 4 is 34.8 Å². The predicted octanol–water partition coefficient (Wildman–Crippen LogP) is 3.21. The number of nitrogens with one attached hydrogen (secondary N) is 1. The predicted molar refractivity (Wildman–Crippen MR) is 110 cm³/mol. The number of aryl methyl sites for hydroxylation is 2. The van der Waals surface area contributed by atoms with Gasteiger partial charge in [0.05, 0.1) is 27.5 Å². The van der Waals surface area contributed by atoms with Crippen LogP contribution in [0.4, 0.5) is 0 Å². The van der Waals surface area contributed by atoms with E-state index in [1.54, 1.807) is 13.8 Å². The molecule has 2 aromatic rings. The highest BCUT2D eigenvalue weighted by molar-refractivity contribution is 7.16. The molecule has 1 fully saturated rings. The quantitative estimate of drug-likeness (QED) is 0.747. The molecule has 1 unspecified atom stereocenters. The average molecular weight is 424 g/mol. The van der Waals surface area contributed by atoms with Gasteiger partial charge in [-0.2, -0.15) is 5.10 Å². The second-order valence-corrected chi connectivity index (χ2v) is 9.98. The van der Waals surface area contributed by atoms with Crippen LogP contribution >= 0.6 is 22.9 Å². The van der Waals surface area contributed by atoms with Crippen LogP contribution < -0.4 is 5.32 Å². The van der Waals surface area contributed by atoms with Crippen LogP contribution in [0, 0.1) is 5.41 Å². The van der Waals surface area contributed by atoms with Gasteiger partial charge in [0.15, 0.2) is 0 Å². The van der Waals surface area contributed by atoms with Crippen molar-refractivity contribution in [2.45, 2.75) is 51.9 Å². The highest BCUT2D eigenvalue weighted by atomic mass is 35.5. The molecule has 1 atom stereocenters. The lowest BCUT2D eigenvalue weighted by Gasteiger charge is -2.30. The molecular formula is C20H26ClN3O3S. The van der Waals surface area contributed by atoms with Crippen molar-refractivity contribution < 1.29 is 14.7 Å². The molecule has 28 heavy (non-hydrogen) atoms. The van der Waals surface area contributed by atoms with Crippen molar-refractivity contribution in [2.24, 2.45) is 5.41 Å². The maximum absolute atomic E-state index is 13.0. The number of aromatic nitrogens is 2. The van der Waals surface area contributed by atoms with Crippen LogP contribution in [0.25, 0.3) is 0 Å². The largest absolute Gasteiger partial charge is 0.395 e. The number of amides is 1. The molecular weight excluding hydrogens is 398 g/mol. The Bertz CT molecular complexity index is 889. The van der Waals surface area contributed by atoms with Gasteiger partial charge in [0.25, 0.3) is 5.91 Å². The van der Waals surface area contributed by atoms with E-state index in [4.69, 9.17) is 11.6 Å². The van der Waals surface area contributed by atoms with Gasteiger partial charge in [-0.1, -0.05) is 11.6 Å². The first-order valence-electron chi connectivity index (χ1n) is 9.45. The van der Waals surface area contributed by atoms with Crippen LogP contribution in [0.2, 0.25) is 4.34 Å². The maximum atomic E-state index is 13.0. The Morgan fingerprint density at radius 1 is 1.43 bits per heavy atom. The molecule has 0 aromatic carbocycles. The monoisotopic (exact) mass is 423 g/mol. The van der Waals surface area contributed by atoms with E-state index < -0.39 is 10.8 Å². The Kier molecular flexibility index (Phi) is 5.98. The van der Waals surface area contributed by atoms with E-state index in [1.807, 2.05) is 25.1 Å². The SMILES string of the molecule is CC(C)(CO)C(=O)n1nc(C2(C)CCCNC2=O)cc1CCc1ccc(Cl)s1. The molecule has 6 nitrogen and oxygen atoms in total. The smallest absolute Gasteiger partial charge is 0.255 e. The van der Waals surface area contributed by atoms with Crippen LogP contribution in [-0.2, 0) is 23.1 Å². The summed E-state index contributed by atoms with van der Waals surface area (Å²) < 4.78 is 2.11. The van der Waals surface area contributed by atoms with E-state index in [9.17, 15) is 14.7 Å². The number of carbonyl (C=O) groups is 2. The fourth-order valence-corrected chi connectivity index (χ4v) is 4.42. The third kappa shape index (κ3) is 4.02. The van der Waals surface area contributed by atoms with Crippen LogP contribution in [-0.4, -0.2) is 39.9 Å². The molecule has 8 heteroatoms. The van der Waals surface area contributed by atoms with Crippen LogP contribution in [0.1, 0.15) is 54.7 Å². The first-order chi connectivity index (χ1) is 13.2. The standard InChI is InChI=1S/C20H26ClN3O3S/c1-19(2,12-25)18(27)24-13(5-6-14-7-8-16(21)28-14)11-15(23-24)20(3)9-4-10-22-17(20)26/h7-8,11,25H,4-6,9-10,12H2,1-3H3,(H,22,26). The fourth-order valence-electron chi connectivity index (χ4n) is 3.33. The average Bonchev–Trinajstić information content (AvgIpc) is 3.28. The summed E-state index contributed by atoms with van der Waals surface area (Å²) in [6.07, 6.45) is 2.87. The number of halogens is 1. The number of rotatable bonds is 6. The third-order valence-corrected chi connectivity index (χ3v) is 6.70. The van der Waals surface area contributed by atoms with Gasteiger partial charge in [-0.3, -0.25) is 9.59 Å². The van der Waals surface area contributed by atoms with Gasteiger partial charge in [0.1, 0.15) is 0 Å². The van der Waals surface area contributed by atoms with Crippen molar-refractivity contribution in [1.29, 1.82) is 0 Å². The summed E-state index contributed by atoms with van der Waals surface area (Å²) in [7, 11) is 0. The summed E-state index contributed by atoms with van der Waals surface area (Å²) in [6, 6.07) is 5.70. The summed E-state index contributed by atoms with van der Waals surface area (Å²) in [5.74, 6) is -0.339. The van der Waals surface area contributed by atoms with Gasteiger partial charge >= 0.3 is 0 Å².